The zero-order valence-electron chi connectivity index (χ0n) is 13.2. The smallest absolute Gasteiger partial charge is 0.169 e. The summed E-state index contributed by atoms with van der Waals surface area (Å²) in [7, 11) is 1.60. The Morgan fingerprint density at radius 1 is 1.36 bits per heavy atom. The highest BCUT2D eigenvalue weighted by Crippen LogP contribution is 2.41. The number of aliphatic hydroxyl groups excluding tert-OH is 1. The van der Waals surface area contributed by atoms with Crippen LogP contribution in [0.2, 0.25) is 0 Å². The van der Waals surface area contributed by atoms with Crippen LogP contribution in [0.15, 0.2) is 24.5 Å². The van der Waals surface area contributed by atoms with Gasteiger partial charge in [0.2, 0.25) is 0 Å². The molecule has 5 heteroatoms. The molecule has 0 radical (unpaired) electrons. The van der Waals surface area contributed by atoms with E-state index in [0.29, 0.717) is 18.6 Å². The van der Waals surface area contributed by atoms with Gasteiger partial charge in [0.15, 0.2) is 5.79 Å². The van der Waals surface area contributed by atoms with Gasteiger partial charge in [0.05, 0.1) is 26.1 Å². The van der Waals surface area contributed by atoms with E-state index in [-0.39, 0.29) is 12.2 Å². The summed E-state index contributed by atoms with van der Waals surface area (Å²) in [6.07, 6.45) is 8.01. The monoisotopic (exact) mass is 310 g/mol. The van der Waals surface area contributed by atoms with E-state index in [2.05, 4.69) is 6.58 Å². The van der Waals surface area contributed by atoms with Gasteiger partial charge in [-0.2, -0.15) is 0 Å². The summed E-state index contributed by atoms with van der Waals surface area (Å²) in [6, 6.07) is 0. The van der Waals surface area contributed by atoms with Crippen LogP contribution < -0.4 is 0 Å². The Labute approximate surface area is 131 Å². The molecule has 1 aliphatic carbocycles. The molecular formula is C17H26O5. The van der Waals surface area contributed by atoms with Crippen molar-refractivity contribution < 1.29 is 24.1 Å². The van der Waals surface area contributed by atoms with E-state index < -0.39 is 18.0 Å². The Kier molecular flexibility index (Phi) is 4.88. The predicted octanol–water partition coefficient (Wildman–Crippen LogP) is 2.30. The van der Waals surface area contributed by atoms with Gasteiger partial charge in [0, 0.05) is 12.8 Å². The normalized spacial score (nSPS) is 38.2. The minimum atomic E-state index is -0.701. The van der Waals surface area contributed by atoms with Gasteiger partial charge in [0.1, 0.15) is 18.3 Å². The van der Waals surface area contributed by atoms with Gasteiger partial charge in [-0.25, -0.2) is 0 Å². The molecule has 0 bridgehead atoms. The molecule has 124 valence electrons. The van der Waals surface area contributed by atoms with Crippen LogP contribution in [-0.2, 0) is 18.9 Å². The summed E-state index contributed by atoms with van der Waals surface area (Å²) < 4.78 is 23.0. The second-order valence-corrected chi connectivity index (χ2v) is 6.39. The first-order chi connectivity index (χ1) is 10.7. The van der Waals surface area contributed by atoms with E-state index in [1.807, 2.05) is 6.08 Å². The fourth-order valence-corrected chi connectivity index (χ4v) is 3.62. The SMILES string of the molecule is C=C1C(O)C([C@H]2COC3(CCCCC3)O2)O[C@H]1C/C=C/OC. The zero-order valence-corrected chi connectivity index (χ0v) is 13.2. The molecule has 0 aromatic heterocycles. The van der Waals surface area contributed by atoms with Gasteiger partial charge >= 0.3 is 0 Å². The molecule has 3 rings (SSSR count). The van der Waals surface area contributed by atoms with Crippen molar-refractivity contribution in [2.75, 3.05) is 13.7 Å². The highest BCUT2D eigenvalue weighted by Gasteiger charge is 2.50. The largest absolute Gasteiger partial charge is 0.505 e. The molecule has 2 saturated heterocycles. The van der Waals surface area contributed by atoms with Crippen molar-refractivity contribution >= 4 is 0 Å². The Bertz CT molecular complexity index is 427. The number of ether oxygens (including phenoxy) is 4. The number of methoxy groups -OCH3 is 1. The summed E-state index contributed by atoms with van der Waals surface area (Å²) in [6.45, 7) is 4.46. The van der Waals surface area contributed by atoms with Gasteiger partial charge < -0.3 is 24.1 Å². The lowest BCUT2D eigenvalue weighted by molar-refractivity contribution is -0.201. The van der Waals surface area contributed by atoms with Crippen LogP contribution in [0.1, 0.15) is 38.5 Å². The average molecular weight is 310 g/mol. The van der Waals surface area contributed by atoms with E-state index >= 15 is 0 Å². The molecule has 1 saturated carbocycles. The lowest BCUT2D eigenvalue weighted by Crippen LogP contribution is -2.39. The predicted molar refractivity (Wildman–Crippen MR) is 81.2 cm³/mol. The van der Waals surface area contributed by atoms with E-state index in [1.54, 1.807) is 13.4 Å². The lowest BCUT2D eigenvalue weighted by atomic mass is 9.94. The molecule has 1 N–H and O–H groups in total. The molecule has 2 aliphatic heterocycles. The zero-order chi connectivity index (χ0) is 15.6. The van der Waals surface area contributed by atoms with Crippen LogP contribution >= 0.6 is 0 Å². The van der Waals surface area contributed by atoms with Crippen molar-refractivity contribution in [2.24, 2.45) is 0 Å². The van der Waals surface area contributed by atoms with Crippen molar-refractivity contribution in [1.82, 2.24) is 0 Å². The molecule has 22 heavy (non-hydrogen) atoms. The molecule has 4 atom stereocenters. The third-order valence-electron chi connectivity index (χ3n) is 4.87. The minimum Gasteiger partial charge on any atom is -0.505 e. The lowest BCUT2D eigenvalue weighted by Gasteiger charge is -2.32. The standard InChI is InChI=1S/C17H26O5/c1-12-13(7-6-10-19-2)21-16(15(12)18)14-11-20-17(22-14)8-4-3-5-9-17/h6,10,13-16,18H,1,3-5,7-9,11H2,2H3/b10-6+/t13-,14+,15?,16?/m0/s1. The van der Waals surface area contributed by atoms with Crippen molar-refractivity contribution in [3.05, 3.63) is 24.5 Å². The fraction of sp³-hybridized carbons (Fsp3) is 0.765. The van der Waals surface area contributed by atoms with Gasteiger partial charge in [-0.1, -0.05) is 13.0 Å². The highest BCUT2D eigenvalue weighted by molar-refractivity contribution is 5.19. The first-order valence-electron chi connectivity index (χ1n) is 8.17. The van der Waals surface area contributed by atoms with Crippen LogP contribution in [0, 0.1) is 0 Å². The topological polar surface area (TPSA) is 57.2 Å². The first kappa shape index (κ1) is 16.0. The molecule has 1 spiro atoms. The maximum atomic E-state index is 10.4. The fourth-order valence-electron chi connectivity index (χ4n) is 3.62. The third kappa shape index (κ3) is 3.08. The number of aliphatic hydroxyl groups is 1. The molecule has 0 amide bonds. The molecule has 2 unspecified atom stereocenters. The van der Waals surface area contributed by atoms with Gasteiger partial charge in [0.25, 0.3) is 0 Å². The molecular weight excluding hydrogens is 284 g/mol. The van der Waals surface area contributed by atoms with Crippen LogP contribution in [0.5, 0.6) is 0 Å². The number of hydrogen-bond donors (Lipinski definition) is 1. The highest BCUT2D eigenvalue weighted by atomic mass is 16.8. The molecule has 5 nitrogen and oxygen atoms in total. The Morgan fingerprint density at radius 2 is 2.14 bits per heavy atom. The van der Waals surface area contributed by atoms with Gasteiger partial charge in [-0.3, -0.25) is 0 Å². The van der Waals surface area contributed by atoms with E-state index in [0.717, 1.165) is 25.7 Å². The number of rotatable bonds is 4. The number of hydrogen-bond acceptors (Lipinski definition) is 5. The summed E-state index contributed by atoms with van der Waals surface area (Å²) in [5, 5.41) is 10.4. The van der Waals surface area contributed by atoms with Gasteiger partial charge in [-0.05, 0) is 30.9 Å². The second-order valence-electron chi connectivity index (χ2n) is 6.39. The summed E-state index contributed by atoms with van der Waals surface area (Å²) in [5.41, 5.74) is 0.707. The quantitative estimate of drug-likeness (QED) is 0.638. The molecule has 0 aromatic carbocycles. The molecule has 2 heterocycles. The van der Waals surface area contributed by atoms with Crippen molar-refractivity contribution in [2.45, 2.75) is 68.7 Å². The summed E-state index contributed by atoms with van der Waals surface area (Å²) in [5.74, 6) is -0.443. The van der Waals surface area contributed by atoms with Crippen LogP contribution in [-0.4, -0.2) is 49.0 Å². The van der Waals surface area contributed by atoms with Crippen molar-refractivity contribution in [3.8, 4) is 0 Å². The van der Waals surface area contributed by atoms with E-state index in [9.17, 15) is 5.11 Å². The van der Waals surface area contributed by atoms with Gasteiger partial charge in [-0.15, -0.1) is 0 Å². The van der Waals surface area contributed by atoms with Crippen molar-refractivity contribution in [1.29, 1.82) is 0 Å². The summed E-state index contributed by atoms with van der Waals surface area (Å²) in [4.78, 5) is 0. The Hall–Kier alpha value is -0.880. The maximum Gasteiger partial charge on any atom is 0.169 e. The maximum absolute atomic E-state index is 10.4. The van der Waals surface area contributed by atoms with E-state index in [4.69, 9.17) is 18.9 Å². The van der Waals surface area contributed by atoms with E-state index in [1.165, 1.54) is 6.42 Å². The van der Waals surface area contributed by atoms with Crippen LogP contribution in [0.3, 0.4) is 0 Å². The molecule has 3 aliphatic rings. The molecule has 0 aromatic rings. The third-order valence-corrected chi connectivity index (χ3v) is 4.87. The van der Waals surface area contributed by atoms with Crippen molar-refractivity contribution in [3.63, 3.8) is 0 Å². The minimum absolute atomic E-state index is 0.196. The van der Waals surface area contributed by atoms with Crippen LogP contribution in [0.4, 0.5) is 0 Å². The average Bonchev–Trinajstić information content (AvgIpc) is 3.05. The summed E-state index contributed by atoms with van der Waals surface area (Å²) >= 11 is 0. The Morgan fingerprint density at radius 3 is 2.86 bits per heavy atom. The molecule has 3 fully saturated rings. The first-order valence-corrected chi connectivity index (χ1v) is 8.17. The second kappa shape index (κ2) is 6.71. The Balaban J connectivity index is 1.60. The van der Waals surface area contributed by atoms with Crippen LogP contribution in [0.25, 0.3) is 0 Å².